The van der Waals surface area contributed by atoms with Crippen LogP contribution in [0.3, 0.4) is 0 Å². The van der Waals surface area contributed by atoms with Crippen molar-refractivity contribution >= 4 is 21.6 Å². The Bertz CT molecular complexity index is 774. The van der Waals surface area contributed by atoms with E-state index in [2.05, 4.69) is 10.0 Å². The zero-order valence-electron chi connectivity index (χ0n) is 11.4. The summed E-state index contributed by atoms with van der Waals surface area (Å²) in [7, 11) is -3.67. The highest BCUT2D eigenvalue weighted by molar-refractivity contribution is 7.89. The highest BCUT2D eigenvalue weighted by Gasteiger charge is 2.14. The molecule has 22 heavy (non-hydrogen) atoms. The highest BCUT2D eigenvalue weighted by Crippen LogP contribution is 2.14. The molecule has 0 saturated heterocycles. The second kappa shape index (κ2) is 6.89. The van der Waals surface area contributed by atoms with Crippen molar-refractivity contribution in [2.75, 3.05) is 5.32 Å². The zero-order valence-corrected chi connectivity index (χ0v) is 12.3. The van der Waals surface area contributed by atoms with Gasteiger partial charge in [0, 0.05) is 5.69 Å². The smallest absolute Gasteiger partial charge is 0.240 e. The zero-order chi connectivity index (χ0) is 16.0. The monoisotopic (exact) mass is 319 g/mol. The van der Waals surface area contributed by atoms with Crippen LogP contribution >= 0.6 is 0 Å². The number of nitriles is 1. The summed E-state index contributed by atoms with van der Waals surface area (Å²) in [5, 5.41) is 10.9. The molecule has 0 atom stereocenters. The molecule has 1 amide bonds. The van der Waals surface area contributed by atoms with Crippen molar-refractivity contribution in [3.63, 3.8) is 0 Å². The fourth-order valence-electron chi connectivity index (χ4n) is 1.66. The van der Waals surface area contributed by atoms with Gasteiger partial charge in [0.25, 0.3) is 0 Å². The quantitative estimate of drug-likeness (QED) is 0.840. The van der Waals surface area contributed by atoms with Crippen LogP contribution in [0.15, 0.2) is 52.0 Å². The molecule has 1 aromatic carbocycles. The summed E-state index contributed by atoms with van der Waals surface area (Å²) >= 11 is 0. The van der Waals surface area contributed by atoms with E-state index in [1.807, 2.05) is 0 Å². The first kappa shape index (κ1) is 15.8. The molecule has 1 aromatic heterocycles. The molecule has 2 N–H and O–H groups in total. The molecular weight excluding hydrogens is 306 g/mol. The van der Waals surface area contributed by atoms with Crippen molar-refractivity contribution in [3.05, 3.63) is 48.4 Å². The molecule has 114 valence electrons. The minimum atomic E-state index is -3.67. The Morgan fingerprint density at radius 1 is 1.23 bits per heavy atom. The number of rotatable bonds is 6. The van der Waals surface area contributed by atoms with Crippen molar-refractivity contribution in [2.24, 2.45) is 0 Å². The molecule has 2 aromatic rings. The summed E-state index contributed by atoms with van der Waals surface area (Å²) in [5.74, 6) is 0.0537. The van der Waals surface area contributed by atoms with Gasteiger partial charge in [0.2, 0.25) is 15.9 Å². The number of hydrogen-bond acceptors (Lipinski definition) is 5. The second-order valence-electron chi connectivity index (χ2n) is 4.31. The minimum Gasteiger partial charge on any atom is -0.468 e. The first-order valence-electron chi connectivity index (χ1n) is 6.30. The SMILES string of the molecule is N#CCC(=O)Nc1ccc(S(=O)(=O)NCc2ccco2)cc1. The van der Waals surface area contributed by atoms with E-state index in [-0.39, 0.29) is 17.9 Å². The number of nitrogens with zero attached hydrogens (tertiary/aromatic N) is 1. The van der Waals surface area contributed by atoms with Gasteiger partial charge in [0.1, 0.15) is 12.2 Å². The molecule has 0 radical (unpaired) electrons. The molecule has 0 fully saturated rings. The predicted molar refractivity (Wildman–Crippen MR) is 78.0 cm³/mol. The topological polar surface area (TPSA) is 112 Å². The lowest BCUT2D eigenvalue weighted by molar-refractivity contribution is -0.115. The van der Waals surface area contributed by atoms with Crippen LogP contribution in [0.1, 0.15) is 12.2 Å². The fourth-order valence-corrected chi connectivity index (χ4v) is 2.65. The van der Waals surface area contributed by atoms with Crippen LogP contribution in [0.25, 0.3) is 0 Å². The van der Waals surface area contributed by atoms with Gasteiger partial charge in [-0.15, -0.1) is 0 Å². The van der Waals surface area contributed by atoms with Crippen LogP contribution in [0.4, 0.5) is 5.69 Å². The molecule has 0 aliphatic rings. The molecule has 1 heterocycles. The number of furan rings is 1. The van der Waals surface area contributed by atoms with Crippen molar-refractivity contribution < 1.29 is 17.6 Å². The standard InChI is InChI=1S/C14H13N3O4S/c15-8-7-14(18)17-11-3-5-13(6-4-11)22(19,20)16-10-12-2-1-9-21-12/h1-6,9,16H,7,10H2,(H,17,18). The Kier molecular flexibility index (Phi) is 4.93. The Morgan fingerprint density at radius 2 is 1.95 bits per heavy atom. The van der Waals surface area contributed by atoms with Gasteiger partial charge in [0.05, 0.1) is 23.8 Å². The van der Waals surface area contributed by atoms with Crippen LogP contribution in [-0.4, -0.2) is 14.3 Å². The van der Waals surface area contributed by atoms with Gasteiger partial charge in [-0.3, -0.25) is 4.79 Å². The molecule has 0 aliphatic heterocycles. The second-order valence-corrected chi connectivity index (χ2v) is 6.08. The first-order valence-corrected chi connectivity index (χ1v) is 7.78. The maximum Gasteiger partial charge on any atom is 0.240 e. The number of amides is 1. The van der Waals surface area contributed by atoms with Gasteiger partial charge in [-0.1, -0.05) is 0 Å². The summed E-state index contributed by atoms with van der Waals surface area (Å²) in [5.41, 5.74) is 0.422. The summed E-state index contributed by atoms with van der Waals surface area (Å²) < 4.78 is 31.6. The normalized spacial score (nSPS) is 10.9. The number of carbonyl (C=O) groups excluding carboxylic acids is 1. The molecule has 2 rings (SSSR count). The number of hydrogen-bond donors (Lipinski definition) is 2. The van der Waals surface area contributed by atoms with Gasteiger partial charge in [-0.05, 0) is 36.4 Å². The van der Waals surface area contributed by atoms with Gasteiger partial charge < -0.3 is 9.73 Å². The Hall–Kier alpha value is -2.63. The largest absolute Gasteiger partial charge is 0.468 e. The summed E-state index contributed by atoms with van der Waals surface area (Å²) in [6.07, 6.45) is 1.20. The predicted octanol–water partition coefficient (Wildman–Crippen LogP) is 1.61. The van der Waals surface area contributed by atoms with Crippen molar-refractivity contribution in [3.8, 4) is 6.07 Å². The maximum absolute atomic E-state index is 12.1. The fraction of sp³-hybridized carbons (Fsp3) is 0.143. The van der Waals surface area contributed by atoms with Crippen molar-refractivity contribution in [1.82, 2.24) is 4.72 Å². The van der Waals surface area contributed by atoms with Crippen molar-refractivity contribution in [2.45, 2.75) is 17.9 Å². The van der Waals surface area contributed by atoms with Gasteiger partial charge in [-0.25, -0.2) is 13.1 Å². The Balaban J connectivity index is 2.02. The molecule has 0 bridgehead atoms. The number of carbonyl (C=O) groups is 1. The van der Waals surface area contributed by atoms with E-state index in [1.165, 1.54) is 30.5 Å². The van der Waals surface area contributed by atoms with E-state index in [4.69, 9.17) is 9.68 Å². The molecule has 8 heteroatoms. The van der Waals surface area contributed by atoms with Crippen LogP contribution < -0.4 is 10.0 Å². The maximum atomic E-state index is 12.1. The van der Waals surface area contributed by atoms with Gasteiger partial charge >= 0.3 is 0 Å². The van der Waals surface area contributed by atoms with E-state index in [0.29, 0.717) is 11.4 Å². The van der Waals surface area contributed by atoms with Crippen LogP contribution in [0.2, 0.25) is 0 Å². The average molecular weight is 319 g/mol. The third-order valence-electron chi connectivity index (χ3n) is 2.70. The van der Waals surface area contributed by atoms with Gasteiger partial charge in [0.15, 0.2) is 0 Å². The number of benzene rings is 1. The van der Waals surface area contributed by atoms with E-state index in [1.54, 1.807) is 18.2 Å². The highest BCUT2D eigenvalue weighted by atomic mass is 32.2. The number of nitrogens with one attached hydrogen (secondary N) is 2. The van der Waals surface area contributed by atoms with E-state index in [9.17, 15) is 13.2 Å². The lowest BCUT2D eigenvalue weighted by Gasteiger charge is -2.07. The molecule has 0 saturated carbocycles. The van der Waals surface area contributed by atoms with Crippen LogP contribution in [0, 0.1) is 11.3 Å². The minimum absolute atomic E-state index is 0.0516. The van der Waals surface area contributed by atoms with Crippen LogP contribution in [0.5, 0.6) is 0 Å². The third kappa shape index (κ3) is 4.18. The average Bonchev–Trinajstić information content (AvgIpc) is 2.99. The Labute approximate surface area is 127 Å². The summed E-state index contributed by atoms with van der Waals surface area (Å²) in [6, 6.07) is 10.7. The van der Waals surface area contributed by atoms with Crippen molar-refractivity contribution in [1.29, 1.82) is 5.26 Å². The Morgan fingerprint density at radius 3 is 2.55 bits per heavy atom. The van der Waals surface area contributed by atoms with E-state index in [0.717, 1.165) is 0 Å². The summed E-state index contributed by atoms with van der Waals surface area (Å²) in [4.78, 5) is 11.3. The molecule has 0 unspecified atom stereocenters. The molecule has 7 nitrogen and oxygen atoms in total. The molecule has 0 aliphatic carbocycles. The number of anilines is 1. The third-order valence-corrected chi connectivity index (χ3v) is 4.12. The molecule has 0 spiro atoms. The first-order chi connectivity index (χ1) is 10.5. The van der Waals surface area contributed by atoms with Crippen LogP contribution in [-0.2, 0) is 21.4 Å². The van der Waals surface area contributed by atoms with Gasteiger partial charge in [-0.2, -0.15) is 5.26 Å². The lowest BCUT2D eigenvalue weighted by Crippen LogP contribution is -2.23. The molecular formula is C14H13N3O4S. The number of sulfonamides is 1. The van der Waals surface area contributed by atoms with E-state index >= 15 is 0 Å². The lowest BCUT2D eigenvalue weighted by atomic mass is 10.3. The van der Waals surface area contributed by atoms with E-state index < -0.39 is 15.9 Å². The summed E-state index contributed by atoms with van der Waals surface area (Å²) in [6.45, 7) is 0.0516.